The van der Waals surface area contributed by atoms with Gasteiger partial charge >= 0.3 is 0 Å². The summed E-state index contributed by atoms with van der Waals surface area (Å²) in [6.45, 7) is 10.5. The lowest BCUT2D eigenvalue weighted by molar-refractivity contribution is 0.480. The molecule has 14 heavy (non-hydrogen) atoms. The zero-order valence-corrected chi connectivity index (χ0v) is 10.8. The van der Waals surface area contributed by atoms with E-state index in [-0.39, 0.29) is 5.31 Å². The van der Waals surface area contributed by atoms with Gasteiger partial charge in [0.15, 0.2) is 0 Å². The van der Waals surface area contributed by atoms with Gasteiger partial charge in [0.2, 0.25) is 0 Å². The fourth-order valence-electron chi connectivity index (χ4n) is 0.571. The Kier molecular flexibility index (Phi) is 11.4. The Balaban J connectivity index is 0. The molecule has 80 valence electrons. The lowest BCUT2D eigenvalue weighted by Crippen LogP contribution is -2.09. The molecule has 0 saturated heterocycles. The SMILES string of the molecule is [B]C(C)(C)C(C)C.[B]CCCCCC. The fraction of sp³-hybridized carbons (Fsp3) is 1.00. The second kappa shape index (κ2) is 9.68. The third-order valence-electron chi connectivity index (χ3n) is 2.55. The largest absolute Gasteiger partial charge is 0.0887 e. The lowest BCUT2D eigenvalue weighted by atomic mass is 9.65. The summed E-state index contributed by atoms with van der Waals surface area (Å²) in [6.07, 6.45) is 6.03. The Morgan fingerprint density at radius 3 is 1.71 bits per heavy atom. The van der Waals surface area contributed by atoms with E-state index in [0.29, 0.717) is 5.92 Å². The first-order valence-electron chi connectivity index (χ1n) is 5.85. The Labute approximate surface area is 94.1 Å². The summed E-state index contributed by atoms with van der Waals surface area (Å²) >= 11 is 0. The van der Waals surface area contributed by atoms with E-state index in [1.165, 1.54) is 25.7 Å². The van der Waals surface area contributed by atoms with E-state index in [4.69, 9.17) is 15.7 Å². The van der Waals surface area contributed by atoms with Gasteiger partial charge in [-0.25, -0.2) is 0 Å². The first-order chi connectivity index (χ1) is 6.36. The normalized spacial score (nSPS) is 11.0. The lowest BCUT2D eigenvalue weighted by Gasteiger charge is -2.23. The highest BCUT2D eigenvalue weighted by Gasteiger charge is 2.13. The number of unbranched alkanes of at least 4 members (excludes halogenated alkanes) is 3. The molecule has 0 aliphatic rings. The van der Waals surface area contributed by atoms with Crippen molar-refractivity contribution in [2.45, 2.75) is 71.9 Å². The fourth-order valence-corrected chi connectivity index (χ4v) is 0.571. The average molecular weight is 192 g/mol. The van der Waals surface area contributed by atoms with Crippen LogP contribution >= 0.6 is 0 Å². The monoisotopic (exact) mass is 192 g/mol. The van der Waals surface area contributed by atoms with Crippen molar-refractivity contribution in [1.82, 2.24) is 0 Å². The maximum atomic E-state index is 5.68. The predicted molar refractivity (Wildman–Crippen MR) is 69.3 cm³/mol. The Morgan fingerprint density at radius 2 is 1.50 bits per heavy atom. The highest BCUT2D eigenvalue weighted by Crippen LogP contribution is 2.28. The van der Waals surface area contributed by atoms with Gasteiger partial charge in [0.05, 0.1) is 15.7 Å². The van der Waals surface area contributed by atoms with E-state index < -0.39 is 0 Å². The van der Waals surface area contributed by atoms with Crippen LogP contribution < -0.4 is 0 Å². The summed E-state index contributed by atoms with van der Waals surface area (Å²) in [5.74, 6) is 0.576. The summed E-state index contributed by atoms with van der Waals surface area (Å²) in [6, 6.07) is 0. The molecule has 0 rings (SSSR count). The molecule has 4 radical (unpaired) electrons. The molecular weight excluding hydrogens is 166 g/mol. The molecule has 0 heterocycles. The van der Waals surface area contributed by atoms with Gasteiger partial charge in [0.25, 0.3) is 0 Å². The van der Waals surface area contributed by atoms with Crippen LogP contribution in [0.1, 0.15) is 60.3 Å². The molecule has 0 aromatic heterocycles. The third-order valence-corrected chi connectivity index (χ3v) is 2.55. The minimum atomic E-state index is 0.000000000000000222. The van der Waals surface area contributed by atoms with Crippen molar-refractivity contribution in [2.24, 2.45) is 5.92 Å². The maximum Gasteiger partial charge on any atom is 0.0742 e. The molecular formula is C12H26B2. The van der Waals surface area contributed by atoms with Crippen LogP contribution in [0, 0.1) is 5.92 Å². The zero-order chi connectivity index (χ0) is 11.6. The average Bonchev–Trinajstić information content (AvgIpc) is 2.05. The minimum Gasteiger partial charge on any atom is -0.0887 e. The summed E-state index contributed by atoms with van der Waals surface area (Å²) < 4.78 is 0. The van der Waals surface area contributed by atoms with E-state index in [9.17, 15) is 0 Å². The van der Waals surface area contributed by atoms with Gasteiger partial charge in [-0.05, 0) is 5.92 Å². The van der Waals surface area contributed by atoms with Crippen LogP contribution in [0.5, 0.6) is 0 Å². The van der Waals surface area contributed by atoms with Crippen molar-refractivity contribution in [3.8, 4) is 0 Å². The molecule has 0 bridgehead atoms. The van der Waals surface area contributed by atoms with Crippen molar-refractivity contribution < 1.29 is 0 Å². The van der Waals surface area contributed by atoms with E-state index >= 15 is 0 Å². The van der Waals surface area contributed by atoms with Gasteiger partial charge in [-0.1, -0.05) is 71.9 Å². The third kappa shape index (κ3) is 14.6. The standard InChI is InChI=1S/2C6H13B/c1-5(2)6(3,4)7;1-2-3-4-5-6-7/h5H,1-4H3;2-6H2,1H3. The van der Waals surface area contributed by atoms with Gasteiger partial charge in [-0.3, -0.25) is 0 Å². The summed E-state index contributed by atoms with van der Waals surface area (Å²) in [7, 11) is 10.9. The number of hydrogen-bond acceptors (Lipinski definition) is 0. The highest BCUT2D eigenvalue weighted by atomic mass is 14.1. The smallest absolute Gasteiger partial charge is 0.0742 e. The van der Waals surface area contributed by atoms with E-state index in [0.717, 1.165) is 6.32 Å². The second-order valence-corrected chi connectivity index (χ2v) is 4.83. The first-order valence-corrected chi connectivity index (χ1v) is 5.85. The van der Waals surface area contributed by atoms with Crippen LogP contribution in [0.25, 0.3) is 0 Å². The van der Waals surface area contributed by atoms with Crippen molar-refractivity contribution in [1.29, 1.82) is 0 Å². The number of rotatable bonds is 5. The molecule has 0 nitrogen and oxygen atoms in total. The van der Waals surface area contributed by atoms with Gasteiger partial charge in [0, 0.05) is 0 Å². The topological polar surface area (TPSA) is 0 Å². The predicted octanol–water partition coefficient (Wildman–Crippen LogP) is 4.16. The molecule has 0 aromatic carbocycles. The molecule has 0 amide bonds. The summed E-state index contributed by atoms with van der Waals surface area (Å²) in [4.78, 5) is 0. The van der Waals surface area contributed by atoms with Crippen molar-refractivity contribution in [3.63, 3.8) is 0 Å². The first kappa shape index (κ1) is 16.6. The molecule has 0 N–H and O–H groups in total. The van der Waals surface area contributed by atoms with Crippen molar-refractivity contribution in [2.75, 3.05) is 0 Å². The van der Waals surface area contributed by atoms with Crippen LogP contribution in [0.2, 0.25) is 11.6 Å². The zero-order valence-electron chi connectivity index (χ0n) is 10.8. The molecule has 0 unspecified atom stereocenters. The van der Waals surface area contributed by atoms with Gasteiger partial charge < -0.3 is 0 Å². The van der Waals surface area contributed by atoms with Gasteiger partial charge in [-0.2, -0.15) is 0 Å². The Morgan fingerprint density at radius 1 is 1.07 bits per heavy atom. The van der Waals surface area contributed by atoms with Gasteiger partial charge in [-0.15, -0.1) is 0 Å². The molecule has 0 spiro atoms. The van der Waals surface area contributed by atoms with Crippen molar-refractivity contribution in [3.05, 3.63) is 0 Å². The molecule has 0 atom stereocenters. The Hall–Kier alpha value is 0.130. The minimum absolute atomic E-state index is 0.000000000000000222. The molecule has 2 heteroatoms. The molecule has 0 aliphatic carbocycles. The van der Waals surface area contributed by atoms with Crippen LogP contribution in [-0.4, -0.2) is 15.7 Å². The molecule has 0 fully saturated rings. The summed E-state index contributed by atoms with van der Waals surface area (Å²) in [5, 5.41) is 0.000000000000000222. The van der Waals surface area contributed by atoms with Gasteiger partial charge in [0.1, 0.15) is 0 Å². The van der Waals surface area contributed by atoms with E-state index in [1.54, 1.807) is 0 Å². The molecule has 0 saturated carbocycles. The maximum absolute atomic E-state index is 5.68. The number of hydrogen-bond donors (Lipinski definition) is 0. The van der Waals surface area contributed by atoms with Crippen molar-refractivity contribution >= 4 is 15.7 Å². The highest BCUT2D eigenvalue weighted by molar-refractivity contribution is 6.14. The van der Waals surface area contributed by atoms with Crippen LogP contribution in [0.15, 0.2) is 0 Å². The summed E-state index contributed by atoms with van der Waals surface area (Å²) in [5.41, 5.74) is 0. The molecule has 0 aromatic rings. The van der Waals surface area contributed by atoms with E-state index in [2.05, 4.69) is 20.8 Å². The van der Waals surface area contributed by atoms with E-state index in [1.807, 2.05) is 13.8 Å². The van der Waals surface area contributed by atoms with Crippen LogP contribution in [0.4, 0.5) is 0 Å². The quantitative estimate of drug-likeness (QED) is 0.453. The van der Waals surface area contributed by atoms with Crippen LogP contribution in [0.3, 0.4) is 0 Å². The second-order valence-electron chi connectivity index (χ2n) is 4.83. The van der Waals surface area contributed by atoms with Crippen LogP contribution in [-0.2, 0) is 0 Å². The molecule has 0 aliphatic heterocycles. The Bertz CT molecular complexity index is 99.4.